The highest BCUT2D eigenvalue weighted by atomic mass is 16.5. The number of fused-ring (bicyclic) bond motifs is 3. The van der Waals surface area contributed by atoms with Crippen LogP contribution in [-0.2, 0) is 9.53 Å². The maximum Gasteiger partial charge on any atom is 0.228 e. The van der Waals surface area contributed by atoms with Gasteiger partial charge in [0.2, 0.25) is 5.91 Å². The van der Waals surface area contributed by atoms with E-state index in [1.807, 2.05) is 29.8 Å². The number of hydrogen-bond donors (Lipinski definition) is 2. The maximum atomic E-state index is 12.1. The zero-order chi connectivity index (χ0) is 21.7. The van der Waals surface area contributed by atoms with Crippen molar-refractivity contribution in [1.29, 1.82) is 0 Å². The first kappa shape index (κ1) is 19.6. The summed E-state index contributed by atoms with van der Waals surface area (Å²) in [5.41, 5.74) is 3.25. The van der Waals surface area contributed by atoms with Gasteiger partial charge in [0.05, 0.1) is 37.5 Å². The van der Waals surface area contributed by atoms with Gasteiger partial charge in [0.1, 0.15) is 11.9 Å². The number of piperidine rings is 1. The molecule has 6 rings (SSSR count). The lowest BCUT2D eigenvalue weighted by atomic mass is 9.94. The Labute approximate surface area is 185 Å². The number of aryl methyl sites for hydroxylation is 1. The summed E-state index contributed by atoms with van der Waals surface area (Å²) in [5.74, 6) is 1.45. The highest BCUT2D eigenvalue weighted by Gasteiger charge is 2.33. The van der Waals surface area contributed by atoms with Gasteiger partial charge in [-0.15, -0.1) is 0 Å². The van der Waals surface area contributed by atoms with Crippen LogP contribution in [0, 0.1) is 12.8 Å². The van der Waals surface area contributed by atoms with Gasteiger partial charge in [-0.3, -0.25) is 14.8 Å². The highest BCUT2D eigenvalue weighted by Crippen LogP contribution is 2.33. The Balaban J connectivity index is 1.27. The van der Waals surface area contributed by atoms with Crippen LogP contribution in [0.4, 0.5) is 5.82 Å². The van der Waals surface area contributed by atoms with Crippen LogP contribution in [0.15, 0.2) is 30.9 Å². The molecule has 32 heavy (non-hydrogen) atoms. The number of rotatable bonds is 5. The van der Waals surface area contributed by atoms with Crippen LogP contribution in [0.25, 0.3) is 16.9 Å². The minimum Gasteiger partial charge on any atom is -0.488 e. The van der Waals surface area contributed by atoms with Crippen LogP contribution in [-0.4, -0.2) is 56.7 Å². The second-order valence-corrected chi connectivity index (χ2v) is 9.06. The van der Waals surface area contributed by atoms with Gasteiger partial charge in [0.15, 0.2) is 11.5 Å². The molecule has 166 valence electrons. The number of carbonyl (C=O) groups excluding carboxylic acids is 1. The third-order valence-corrected chi connectivity index (χ3v) is 6.32. The van der Waals surface area contributed by atoms with Crippen molar-refractivity contribution in [2.24, 2.45) is 5.92 Å². The Hall–Kier alpha value is -3.04. The minimum atomic E-state index is 0.0409. The predicted octanol–water partition coefficient (Wildman–Crippen LogP) is 2.35. The van der Waals surface area contributed by atoms with E-state index >= 15 is 0 Å². The molecule has 1 amide bonds. The molecule has 0 unspecified atom stereocenters. The van der Waals surface area contributed by atoms with E-state index in [9.17, 15) is 4.79 Å². The monoisotopic (exact) mass is 434 g/mol. The molecule has 2 bridgehead atoms. The molecule has 3 aromatic rings. The number of pyridine rings is 1. The summed E-state index contributed by atoms with van der Waals surface area (Å²) in [4.78, 5) is 25.6. The van der Waals surface area contributed by atoms with Gasteiger partial charge in [-0.1, -0.05) is 0 Å². The van der Waals surface area contributed by atoms with E-state index in [1.54, 1.807) is 12.4 Å². The van der Waals surface area contributed by atoms with Crippen molar-refractivity contribution in [3.8, 4) is 17.0 Å². The fourth-order valence-corrected chi connectivity index (χ4v) is 4.57. The summed E-state index contributed by atoms with van der Waals surface area (Å²) in [5, 5.41) is 6.49. The number of aromatic nitrogens is 4. The summed E-state index contributed by atoms with van der Waals surface area (Å²) in [6.45, 7) is 3.42. The van der Waals surface area contributed by atoms with Gasteiger partial charge < -0.3 is 24.5 Å². The number of ether oxygens (including phenoxy) is 2. The standard InChI is InChI=1S/C23H26N6O3/c1-13-4-18(20(7-24-13)32-17-5-15-11-31-12-16(6-17)26-15)19-9-29-10-21(27-22(29)8-25-19)28-23(30)14-2-3-14/h4,7-10,14-17,26H,2-3,5-6,11-12H2,1H3,(H,28,30)/t15-,16+,17-. The normalized spacial score (nSPS) is 25.0. The smallest absolute Gasteiger partial charge is 0.228 e. The van der Waals surface area contributed by atoms with Gasteiger partial charge in [-0.25, -0.2) is 4.98 Å². The molecule has 2 N–H and O–H groups in total. The topological polar surface area (TPSA) is 103 Å². The highest BCUT2D eigenvalue weighted by molar-refractivity contribution is 5.93. The van der Waals surface area contributed by atoms with Gasteiger partial charge in [0, 0.05) is 48.3 Å². The maximum absolute atomic E-state index is 12.1. The zero-order valence-corrected chi connectivity index (χ0v) is 18.0. The van der Waals surface area contributed by atoms with E-state index in [2.05, 4.69) is 25.6 Å². The van der Waals surface area contributed by atoms with E-state index < -0.39 is 0 Å². The molecule has 0 radical (unpaired) electrons. The van der Waals surface area contributed by atoms with Crippen LogP contribution in [0.2, 0.25) is 0 Å². The Kier molecular flexibility index (Phi) is 4.80. The van der Waals surface area contributed by atoms with Crippen molar-refractivity contribution in [1.82, 2.24) is 24.7 Å². The van der Waals surface area contributed by atoms with Crippen LogP contribution in [0.1, 0.15) is 31.4 Å². The average Bonchev–Trinajstić information content (AvgIpc) is 3.55. The van der Waals surface area contributed by atoms with Crippen molar-refractivity contribution < 1.29 is 14.3 Å². The molecule has 3 atom stereocenters. The Bertz CT molecular complexity index is 1160. The first-order valence-electron chi connectivity index (χ1n) is 11.2. The second-order valence-electron chi connectivity index (χ2n) is 9.06. The number of nitrogens with one attached hydrogen (secondary N) is 2. The molecule has 9 heteroatoms. The van der Waals surface area contributed by atoms with Crippen molar-refractivity contribution in [3.63, 3.8) is 0 Å². The molecule has 0 spiro atoms. The first-order valence-corrected chi connectivity index (χ1v) is 11.2. The summed E-state index contributed by atoms with van der Waals surface area (Å²) in [6, 6.07) is 2.67. The molecule has 1 aliphatic carbocycles. The van der Waals surface area contributed by atoms with E-state index in [-0.39, 0.29) is 17.9 Å². The number of nitrogens with zero attached hydrogens (tertiary/aromatic N) is 4. The lowest BCUT2D eigenvalue weighted by Gasteiger charge is -2.40. The van der Waals surface area contributed by atoms with Gasteiger partial charge in [0.25, 0.3) is 0 Å². The zero-order valence-electron chi connectivity index (χ0n) is 18.0. The van der Waals surface area contributed by atoms with Crippen LogP contribution in [0.5, 0.6) is 5.75 Å². The fourth-order valence-electron chi connectivity index (χ4n) is 4.57. The molecular weight excluding hydrogens is 408 g/mol. The number of imidazole rings is 1. The molecule has 1 saturated carbocycles. The Morgan fingerprint density at radius 3 is 2.78 bits per heavy atom. The molecular formula is C23H26N6O3. The number of hydrogen-bond acceptors (Lipinski definition) is 7. The number of amides is 1. The van der Waals surface area contributed by atoms with Gasteiger partial charge in [-0.2, -0.15) is 0 Å². The molecule has 3 aromatic heterocycles. The van der Waals surface area contributed by atoms with Crippen LogP contribution in [0.3, 0.4) is 0 Å². The Morgan fingerprint density at radius 1 is 1.19 bits per heavy atom. The van der Waals surface area contributed by atoms with E-state index in [0.29, 0.717) is 23.5 Å². The SMILES string of the molecule is Cc1cc(-c2cn3cc(NC(=O)C4CC4)nc3cn2)c(O[C@H]2C[C@H]3COC[C@@H](C2)N3)cn1. The molecule has 9 nitrogen and oxygen atoms in total. The average molecular weight is 435 g/mol. The van der Waals surface area contributed by atoms with Gasteiger partial charge >= 0.3 is 0 Å². The second kappa shape index (κ2) is 7.83. The quantitative estimate of drug-likeness (QED) is 0.635. The summed E-state index contributed by atoms with van der Waals surface area (Å²) >= 11 is 0. The van der Waals surface area contributed by atoms with Crippen molar-refractivity contribution >= 4 is 17.4 Å². The molecule has 2 saturated heterocycles. The molecule has 0 aromatic carbocycles. The van der Waals surface area contributed by atoms with Crippen LogP contribution < -0.4 is 15.4 Å². The summed E-state index contributed by atoms with van der Waals surface area (Å²) in [7, 11) is 0. The summed E-state index contributed by atoms with van der Waals surface area (Å²) < 4.78 is 14.0. The number of anilines is 1. The van der Waals surface area contributed by atoms with Crippen molar-refractivity contribution in [2.75, 3.05) is 18.5 Å². The lowest BCUT2D eigenvalue weighted by Crippen LogP contribution is -2.56. The van der Waals surface area contributed by atoms with E-state index in [0.717, 1.165) is 61.6 Å². The Morgan fingerprint density at radius 2 is 2.00 bits per heavy atom. The number of carbonyl (C=O) groups is 1. The molecule has 3 aliphatic rings. The molecule has 2 aliphatic heterocycles. The third-order valence-electron chi connectivity index (χ3n) is 6.32. The van der Waals surface area contributed by atoms with Gasteiger partial charge in [-0.05, 0) is 25.8 Å². The first-order chi connectivity index (χ1) is 15.6. The lowest BCUT2D eigenvalue weighted by molar-refractivity contribution is -0.117. The van der Waals surface area contributed by atoms with Crippen LogP contribution >= 0.6 is 0 Å². The predicted molar refractivity (Wildman–Crippen MR) is 117 cm³/mol. The third kappa shape index (κ3) is 3.93. The molecule has 3 fully saturated rings. The van der Waals surface area contributed by atoms with Crippen molar-refractivity contribution in [2.45, 2.75) is 50.8 Å². The van der Waals surface area contributed by atoms with E-state index in [1.165, 1.54) is 0 Å². The summed E-state index contributed by atoms with van der Waals surface area (Å²) in [6.07, 6.45) is 11.1. The van der Waals surface area contributed by atoms with E-state index in [4.69, 9.17) is 9.47 Å². The fraction of sp³-hybridized carbons (Fsp3) is 0.478. The number of morpholine rings is 1. The minimum absolute atomic E-state index is 0.0409. The largest absolute Gasteiger partial charge is 0.488 e. The van der Waals surface area contributed by atoms with Crippen molar-refractivity contribution in [3.05, 3.63) is 36.5 Å². The molecule has 5 heterocycles.